The number of nitrogens with one attached hydrogen (secondary N) is 1. The van der Waals surface area contributed by atoms with Gasteiger partial charge in [-0.15, -0.1) is 10.2 Å². The van der Waals surface area contributed by atoms with Gasteiger partial charge in [-0.1, -0.05) is 23.9 Å². The zero-order valence-corrected chi connectivity index (χ0v) is 18.9. The largest absolute Gasteiger partial charge is 0.416 e. The molecule has 0 spiro atoms. The average Bonchev–Trinajstić information content (AvgIpc) is 3.27. The summed E-state index contributed by atoms with van der Waals surface area (Å²) in [6.45, 7) is 2.76. The first-order valence-corrected chi connectivity index (χ1v) is 11.3. The number of hydrogen-bond donors (Lipinski definition) is 1. The third kappa shape index (κ3) is 5.68. The first kappa shape index (κ1) is 24.0. The van der Waals surface area contributed by atoms with Crippen molar-refractivity contribution >= 4 is 29.0 Å². The molecule has 2 heterocycles. The Kier molecular flexibility index (Phi) is 7.08. The Morgan fingerprint density at radius 2 is 1.85 bits per heavy atom. The number of alkyl halides is 3. The number of amides is 1. The Balaban J connectivity index is 1.46. The third-order valence-electron chi connectivity index (χ3n) is 5.28. The fraction of sp³-hybridized carbons (Fsp3) is 0.318. The van der Waals surface area contributed by atoms with E-state index < -0.39 is 23.5 Å². The van der Waals surface area contributed by atoms with E-state index in [0.29, 0.717) is 18.8 Å². The van der Waals surface area contributed by atoms with Gasteiger partial charge in [-0.2, -0.15) is 13.2 Å². The molecule has 7 nitrogen and oxygen atoms in total. The van der Waals surface area contributed by atoms with Crippen molar-refractivity contribution in [3.63, 3.8) is 0 Å². The fourth-order valence-corrected chi connectivity index (χ4v) is 4.02. The number of aromatic nitrogens is 2. The highest BCUT2D eigenvalue weighted by Crippen LogP contribution is 2.36. The van der Waals surface area contributed by atoms with Crippen LogP contribution in [0, 0.1) is 5.82 Å². The minimum atomic E-state index is -4.54. The molecule has 1 N–H and O–H groups in total. The van der Waals surface area contributed by atoms with Crippen LogP contribution in [0.2, 0.25) is 0 Å². The molecule has 0 atom stereocenters. The number of anilines is 2. The lowest BCUT2D eigenvalue weighted by molar-refractivity contribution is -0.137. The monoisotopic (exact) mass is 495 g/mol. The molecular formula is C22H21F4N5O2S. The molecule has 2 aromatic carbocycles. The van der Waals surface area contributed by atoms with Gasteiger partial charge in [0.15, 0.2) is 0 Å². The van der Waals surface area contributed by atoms with Crippen molar-refractivity contribution in [1.82, 2.24) is 15.1 Å². The van der Waals surface area contributed by atoms with Crippen LogP contribution in [0.4, 0.5) is 28.9 Å². The van der Waals surface area contributed by atoms with Gasteiger partial charge in [0.1, 0.15) is 5.82 Å². The molecule has 0 aliphatic carbocycles. The molecule has 12 heteroatoms. The second-order valence-electron chi connectivity index (χ2n) is 7.71. The zero-order valence-electron chi connectivity index (χ0n) is 18.1. The molecule has 1 aliphatic heterocycles. The van der Waals surface area contributed by atoms with Crippen molar-refractivity contribution in [3.05, 3.63) is 53.8 Å². The predicted octanol–water partition coefficient (Wildman–Crippen LogP) is 4.38. The van der Waals surface area contributed by atoms with Gasteiger partial charge in [-0.05, 0) is 37.4 Å². The second-order valence-corrected chi connectivity index (χ2v) is 8.64. The SMILES string of the molecule is CN1CCN(c2ccc(C(F)(F)F)cc2NC(=O)CSc2nnc(-c3ccccc3F)o2)CC1. The van der Waals surface area contributed by atoms with E-state index in [0.717, 1.165) is 37.0 Å². The summed E-state index contributed by atoms with van der Waals surface area (Å²) in [6, 6.07) is 9.23. The van der Waals surface area contributed by atoms with E-state index in [9.17, 15) is 22.4 Å². The highest BCUT2D eigenvalue weighted by atomic mass is 32.2. The summed E-state index contributed by atoms with van der Waals surface area (Å²) in [4.78, 5) is 16.6. The Hall–Kier alpha value is -3.12. The Labute approximate surface area is 197 Å². The molecular weight excluding hydrogens is 474 g/mol. The summed E-state index contributed by atoms with van der Waals surface area (Å²) in [5, 5.41) is 10.2. The zero-order chi connectivity index (χ0) is 24.3. The molecule has 0 bridgehead atoms. The molecule has 3 aromatic rings. The van der Waals surface area contributed by atoms with Gasteiger partial charge in [-0.3, -0.25) is 4.79 Å². The smallest absolute Gasteiger partial charge is 0.411 e. The van der Waals surface area contributed by atoms with Crippen LogP contribution in [0.1, 0.15) is 5.56 Å². The summed E-state index contributed by atoms with van der Waals surface area (Å²) < 4.78 is 59.1. The maximum atomic E-state index is 13.9. The predicted molar refractivity (Wildman–Crippen MR) is 120 cm³/mol. The van der Waals surface area contributed by atoms with Crippen LogP contribution in [0.25, 0.3) is 11.5 Å². The van der Waals surface area contributed by atoms with Gasteiger partial charge in [-0.25, -0.2) is 4.39 Å². The van der Waals surface area contributed by atoms with Gasteiger partial charge in [0.25, 0.3) is 11.1 Å². The molecule has 1 fully saturated rings. The topological polar surface area (TPSA) is 74.5 Å². The Morgan fingerprint density at radius 3 is 2.56 bits per heavy atom. The number of halogens is 4. The lowest BCUT2D eigenvalue weighted by Crippen LogP contribution is -2.44. The number of nitrogens with zero attached hydrogens (tertiary/aromatic N) is 4. The summed E-state index contributed by atoms with van der Waals surface area (Å²) in [5.41, 5.74) is -0.103. The summed E-state index contributed by atoms with van der Waals surface area (Å²) in [7, 11) is 1.97. The average molecular weight is 496 g/mol. The van der Waals surface area contributed by atoms with E-state index in [4.69, 9.17) is 4.42 Å². The van der Waals surface area contributed by atoms with E-state index >= 15 is 0 Å². The number of piperazine rings is 1. The third-order valence-corrected chi connectivity index (χ3v) is 6.10. The first-order chi connectivity index (χ1) is 16.2. The van der Waals surface area contributed by atoms with E-state index in [1.54, 1.807) is 6.07 Å². The number of hydrogen-bond acceptors (Lipinski definition) is 7. The molecule has 4 rings (SSSR count). The number of thioether (sulfide) groups is 1. The van der Waals surface area contributed by atoms with Crippen molar-refractivity contribution < 1.29 is 26.8 Å². The van der Waals surface area contributed by atoms with Crippen LogP contribution in [0.3, 0.4) is 0 Å². The van der Waals surface area contributed by atoms with Crippen molar-refractivity contribution in [1.29, 1.82) is 0 Å². The van der Waals surface area contributed by atoms with Crippen molar-refractivity contribution in [2.75, 3.05) is 49.2 Å². The lowest BCUT2D eigenvalue weighted by atomic mass is 10.1. The number of likely N-dealkylation sites (N-methyl/N-ethyl adjacent to an activating group) is 1. The van der Waals surface area contributed by atoms with E-state index in [2.05, 4.69) is 20.4 Å². The maximum absolute atomic E-state index is 13.9. The number of benzene rings is 2. The molecule has 1 amide bonds. The Bertz CT molecular complexity index is 1160. The number of carbonyl (C=O) groups is 1. The number of rotatable bonds is 6. The summed E-state index contributed by atoms with van der Waals surface area (Å²) in [6.07, 6.45) is -4.54. The summed E-state index contributed by atoms with van der Waals surface area (Å²) in [5.74, 6) is -1.28. The molecule has 0 radical (unpaired) electrons. The van der Waals surface area contributed by atoms with Crippen LogP contribution < -0.4 is 10.2 Å². The second kappa shape index (κ2) is 10.0. The molecule has 0 unspecified atom stereocenters. The minimum absolute atomic E-state index is 0.0313. The van der Waals surface area contributed by atoms with Crippen LogP contribution in [0.15, 0.2) is 52.1 Å². The van der Waals surface area contributed by atoms with E-state index in [1.165, 1.54) is 24.3 Å². The van der Waals surface area contributed by atoms with Crippen molar-refractivity contribution in [3.8, 4) is 11.5 Å². The molecule has 1 aromatic heterocycles. The Morgan fingerprint density at radius 1 is 1.12 bits per heavy atom. The molecule has 34 heavy (non-hydrogen) atoms. The molecule has 180 valence electrons. The lowest BCUT2D eigenvalue weighted by Gasteiger charge is -2.35. The standard InChI is InChI=1S/C22H21F4N5O2S/c1-30-8-10-31(11-9-30)18-7-6-14(22(24,25)26)12-17(18)27-19(32)13-34-21-29-28-20(33-21)15-4-2-3-5-16(15)23/h2-7,12H,8-11,13H2,1H3,(H,27,32). The van der Waals surface area contributed by atoms with Crippen molar-refractivity contribution in [2.45, 2.75) is 11.4 Å². The van der Waals surface area contributed by atoms with Gasteiger partial charge in [0.2, 0.25) is 5.91 Å². The maximum Gasteiger partial charge on any atom is 0.416 e. The van der Waals surface area contributed by atoms with E-state index in [-0.39, 0.29) is 28.1 Å². The number of carbonyl (C=O) groups excluding carboxylic acids is 1. The van der Waals surface area contributed by atoms with Gasteiger partial charge in [0.05, 0.1) is 28.3 Å². The highest BCUT2D eigenvalue weighted by molar-refractivity contribution is 7.99. The van der Waals surface area contributed by atoms with Crippen molar-refractivity contribution in [2.24, 2.45) is 0 Å². The van der Waals surface area contributed by atoms with E-state index in [1.807, 2.05) is 11.9 Å². The minimum Gasteiger partial charge on any atom is -0.411 e. The molecule has 0 saturated carbocycles. The molecule has 1 saturated heterocycles. The summed E-state index contributed by atoms with van der Waals surface area (Å²) >= 11 is 0.903. The van der Waals surface area contributed by atoms with Crippen LogP contribution in [-0.2, 0) is 11.0 Å². The van der Waals surface area contributed by atoms with Gasteiger partial charge in [0, 0.05) is 26.2 Å². The highest BCUT2D eigenvalue weighted by Gasteiger charge is 2.32. The molecule has 1 aliphatic rings. The first-order valence-electron chi connectivity index (χ1n) is 10.4. The fourth-order valence-electron chi connectivity index (χ4n) is 3.46. The quantitative estimate of drug-likeness (QED) is 0.402. The normalized spacial score (nSPS) is 14.9. The van der Waals surface area contributed by atoms with Crippen LogP contribution >= 0.6 is 11.8 Å². The van der Waals surface area contributed by atoms with Gasteiger partial charge < -0.3 is 19.5 Å². The van der Waals surface area contributed by atoms with Crippen LogP contribution in [-0.4, -0.2) is 60.0 Å². The van der Waals surface area contributed by atoms with Crippen LogP contribution in [0.5, 0.6) is 0 Å². The van der Waals surface area contributed by atoms with Gasteiger partial charge >= 0.3 is 6.18 Å².